The molecule has 12 aromatic rings. The third-order valence-electron chi connectivity index (χ3n) is 16.6. The van der Waals surface area contributed by atoms with Crippen molar-refractivity contribution in [2.45, 2.75) is 89.3 Å². The van der Waals surface area contributed by atoms with Gasteiger partial charge in [-0.2, -0.15) is 18.4 Å². The summed E-state index contributed by atoms with van der Waals surface area (Å²) in [6.07, 6.45) is -4.77. The fraction of sp³-hybridized carbons (Fsp3) is 0.176. The van der Waals surface area contributed by atoms with Gasteiger partial charge in [-0.15, -0.1) is 0 Å². The smallest absolute Gasteiger partial charge is 0.309 e. The minimum Gasteiger partial charge on any atom is -0.309 e. The molecule has 10 aromatic carbocycles. The normalized spacial score (nSPS) is 11.9. The number of nitriles is 1. The summed E-state index contributed by atoms with van der Waals surface area (Å²) >= 11 is 0. The van der Waals surface area contributed by atoms with Crippen LogP contribution in [-0.2, 0) is 6.18 Å². The van der Waals surface area contributed by atoms with Gasteiger partial charge in [0.2, 0.25) is 0 Å². The average Bonchev–Trinajstić information content (AvgIpc) is 3.12. The van der Waals surface area contributed by atoms with E-state index in [1.54, 1.807) is 18.2 Å². The fourth-order valence-electron chi connectivity index (χ4n) is 14.0. The number of halogens is 3. The fourth-order valence-corrected chi connectivity index (χ4v) is 14.0. The molecule has 0 saturated carbocycles. The molecule has 0 fully saturated rings. The molecule has 6 heteroatoms. The van der Waals surface area contributed by atoms with E-state index in [0.29, 0.717) is 33.4 Å². The molecule has 394 valence electrons. The van der Waals surface area contributed by atoms with Crippen LogP contribution in [0.25, 0.3) is 111 Å². The first-order valence-electron chi connectivity index (χ1n) is 27.4. The average molecular weight is 1050 g/mol. The lowest BCUT2D eigenvalue weighted by Crippen LogP contribution is -2.12. The molecule has 0 radical (unpaired) electrons. The van der Waals surface area contributed by atoms with Crippen molar-refractivity contribution in [2.24, 2.45) is 0 Å². The molecule has 0 saturated heterocycles. The molecule has 0 spiro atoms. The molecule has 0 bridgehead atoms. The number of hydrogen-bond donors (Lipinski definition) is 0. The van der Waals surface area contributed by atoms with Crippen molar-refractivity contribution in [1.29, 1.82) is 5.26 Å². The van der Waals surface area contributed by atoms with Gasteiger partial charge in [0.1, 0.15) is 0 Å². The lowest BCUT2D eigenvalue weighted by Gasteiger charge is -2.22. The van der Waals surface area contributed by atoms with Crippen LogP contribution in [0.3, 0.4) is 0 Å². The standard InChI is InChI=1S/C74H62F3N3/c1-40-26-44(5)69(45(6)27-40)53-17-22-65-59(35-53)60-36-54(70-46(7)28-41(2)29-47(70)8)18-23-66(60)79(65)64-21-16-52(39-78)34-58(64)57-14-13-15-63(74(75,76)77)73(57)80-67-24-19-55(71-48(9)30-42(3)31-49(71)10)37-61(67)62-38-56(20-25-68(62)80)72-50(11)32-43(4)33-51(72)12/h13-38H,1-12H3. The van der Waals surface area contributed by atoms with E-state index in [4.69, 9.17) is 0 Å². The van der Waals surface area contributed by atoms with Gasteiger partial charge in [0.05, 0.1) is 50.6 Å². The number of aromatic nitrogens is 2. The van der Waals surface area contributed by atoms with Gasteiger partial charge in [-0.05, 0) is 245 Å². The highest BCUT2D eigenvalue weighted by Gasteiger charge is 2.37. The first kappa shape index (κ1) is 51.8. The lowest BCUT2D eigenvalue weighted by atomic mass is 9.91. The number of para-hydroxylation sites is 1. The predicted octanol–water partition coefficient (Wildman–Crippen LogP) is 20.8. The third kappa shape index (κ3) is 8.50. The maximum absolute atomic E-state index is 16.3. The molecule has 12 rings (SSSR count). The van der Waals surface area contributed by atoms with Gasteiger partial charge in [-0.1, -0.05) is 107 Å². The number of benzene rings is 10. The van der Waals surface area contributed by atoms with E-state index in [2.05, 4.69) is 203 Å². The summed E-state index contributed by atoms with van der Waals surface area (Å²) in [5.74, 6) is 0. The predicted molar refractivity (Wildman–Crippen MR) is 329 cm³/mol. The number of aryl methyl sites for hydroxylation is 12. The molecule has 3 nitrogen and oxygen atoms in total. The molecular formula is C74H62F3N3. The molecule has 2 heterocycles. The Kier molecular flexibility index (Phi) is 12.4. The zero-order valence-electron chi connectivity index (χ0n) is 47.5. The van der Waals surface area contributed by atoms with Gasteiger partial charge in [-0.25, -0.2) is 0 Å². The first-order valence-corrected chi connectivity index (χ1v) is 27.4. The van der Waals surface area contributed by atoms with Crippen LogP contribution in [0.15, 0.2) is 158 Å². The van der Waals surface area contributed by atoms with Crippen LogP contribution in [0.4, 0.5) is 13.2 Å². The number of nitrogens with zero attached hydrogens (tertiary/aromatic N) is 3. The number of alkyl halides is 3. The van der Waals surface area contributed by atoms with Crippen LogP contribution in [0.5, 0.6) is 0 Å². The summed E-state index contributed by atoms with van der Waals surface area (Å²) < 4.78 is 53.0. The van der Waals surface area contributed by atoms with Crippen LogP contribution in [0, 0.1) is 94.4 Å². The number of rotatable bonds is 7. The van der Waals surface area contributed by atoms with Crippen molar-refractivity contribution in [3.63, 3.8) is 0 Å². The van der Waals surface area contributed by atoms with Crippen LogP contribution in [0.2, 0.25) is 0 Å². The Balaban J connectivity index is 1.18. The molecule has 80 heavy (non-hydrogen) atoms. The zero-order valence-corrected chi connectivity index (χ0v) is 47.5. The highest BCUT2D eigenvalue weighted by atomic mass is 19.4. The Morgan fingerprint density at radius 3 is 0.988 bits per heavy atom. The van der Waals surface area contributed by atoms with Crippen molar-refractivity contribution in [3.05, 3.63) is 236 Å². The second-order valence-corrected chi connectivity index (χ2v) is 22.7. The lowest BCUT2D eigenvalue weighted by molar-refractivity contribution is -0.137. The Bertz CT molecular complexity index is 4340. The Labute approximate surface area is 466 Å². The van der Waals surface area contributed by atoms with Crippen molar-refractivity contribution >= 4 is 43.6 Å². The maximum Gasteiger partial charge on any atom is 0.418 e. The highest BCUT2D eigenvalue weighted by molar-refractivity contribution is 6.14. The van der Waals surface area contributed by atoms with Crippen molar-refractivity contribution in [3.8, 4) is 73.1 Å². The molecule has 0 aliphatic heterocycles. The summed E-state index contributed by atoms with van der Waals surface area (Å²) in [6, 6.07) is 55.5. The van der Waals surface area contributed by atoms with Gasteiger partial charge in [0, 0.05) is 32.7 Å². The highest BCUT2D eigenvalue weighted by Crippen LogP contribution is 2.48. The summed E-state index contributed by atoms with van der Waals surface area (Å²) in [7, 11) is 0. The zero-order chi connectivity index (χ0) is 56.4. The molecule has 0 N–H and O–H groups in total. The minimum absolute atomic E-state index is 0.0109. The van der Waals surface area contributed by atoms with Gasteiger partial charge in [-0.3, -0.25) is 0 Å². The largest absolute Gasteiger partial charge is 0.418 e. The molecule has 0 atom stereocenters. The second kappa shape index (κ2) is 19.2. The minimum atomic E-state index is -4.77. The number of fused-ring (bicyclic) bond motifs is 6. The molecule has 2 aromatic heterocycles. The first-order chi connectivity index (χ1) is 38.2. The van der Waals surface area contributed by atoms with Gasteiger partial charge >= 0.3 is 6.18 Å². The van der Waals surface area contributed by atoms with E-state index in [1.807, 2.05) is 22.8 Å². The molecular weight excluding hydrogens is 988 g/mol. The van der Waals surface area contributed by atoms with E-state index in [0.717, 1.165) is 88.2 Å². The maximum atomic E-state index is 16.3. The van der Waals surface area contributed by atoms with Crippen molar-refractivity contribution < 1.29 is 13.2 Å². The van der Waals surface area contributed by atoms with Gasteiger partial charge < -0.3 is 9.13 Å². The third-order valence-corrected chi connectivity index (χ3v) is 16.6. The van der Waals surface area contributed by atoms with Gasteiger partial charge in [0.15, 0.2) is 0 Å². The van der Waals surface area contributed by atoms with E-state index in [-0.39, 0.29) is 5.69 Å². The SMILES string of the molecule is Cc1cc(C)c(-c2ccc3c(c2)c2cc(-c4c(C)cc(C)cc4C)ccc2n3-c2ccc(C#N)cc2-c2cccc(C(F)(F)F)c2-n2c3ccc(-c4c(C)cc(C)cc4C)cc3c3cc(-c4c(C)cc(C)cc4C)ccc32)c(C)c1. The summed E-state index contributed by atoms with van der Waals surface area (Å²) in [6.45, 7) is 25.6. The topological polar surface area (TPSA) is 33.6 Å². The van der Waals surface area contributed by atoms with Crippen molar-refractivity contribution in [2.75, 3.05) is 0 Å². The van der Waals surface area contributed by atoms with Crippen molar-refractivity contribution in [1.82, 2.24) is 9.13 Å². The van der Waals surface area contributed by atoms with Crippen LogP contribution in [0.1, 0.15) is 77.9 Å². The Hall–Kier alpha value is -8.92. The number of hydrogen-bond acceptors (Lipinski definition) is 1. The van der Waals surface area contributed by atoms with Crippen LogP contribution < -0.4 is 0 Å². The quantitative estimate of drug-likeness (QED) is 0.157. The monoisotopic (exact) mass is 1050 g/mol. The van der Waals surface area contributed by atoms with E-state index < -0.39 is 11.7 Å². The Morgan fingerprint density at radius 2 is 0.675 bits per heavy atom. The summed E-state index contributed by atoms with van der Waals surface area (Å²) in [5, 5.41) is 14.4. The molecule has 0 aliphatic carbocycles. The van der Waals surface area contributed by atoms with E-state index in [1.165, 1.54) is 67.8 Å². The summed E-state index contributed by atoms with van der Waals surface area (Å²) in [4.78, 5) is 0. The molecule has 0 aliphatic rings. The van der Waals surface area contributed by atoms with Crippen LogP contribution >= 0.6 is 0 Å². The molecule has 0 amide bonds. The molecule has 0 unspecified atom stereocenters. The second-order valence-electron chi connectivity index (χ2n) is 22.7. The summed E-state index contributed by atoms with van der Waals surface area (Å²) in [5.41, 5.74) is 26.8. The Morgan fingerprint density at radius 1 is 0.350 bits per heavy atom. The van der Waals surface area contributed by atoms with E-state index in [9.17, 15) is 5.26 Å². The van der Waals surface area contributed by atoms with Gasteiger partial charge in [0.25, 0.3) is 0 Å². The van der Waals surface area contributed by atoms with Crippen LogP contribution in [-0.4, -0.2) is 9.13 Å². The van der Waals surface area contributed by atoms with E-state index >= 15 is 13.2 Å².